The van der Waals surface area contributed by atoms with Crippen molar-refractivity contribution in [3.63, 3.8) is 0 Å². The topological polar surface area (TPSA) is 54.7 Å². The van der Waals surface area contributed by atoms with Gasteiger partial charge in [0.1, 0.15) is 11.6 Å². The van der Waals surface area contributed by atoms with Crippen molar-refractivity contribution < 1.29 is 8.78 Å². The van der Waals surface area contributed by atoms with Crippen LogP contribution in [0.5, 0.6) is 0 Å². The van der Waals surface area contributed by atoms with Crippen molar-refractivity contribution in [1.82, 2.24) is 10.2 Å². The molecule has 3 aromatic rings. The van der Waals surface area contributed by atoms with Crippen LogP contribution in [0.15, 0.2) is 42.5 Å². The van der Waals surface area contributed by atoms with Crippen molar-refractivity contribution in [2.75, 3.05) is 5.73 Å². The first-order chi connectivity index (χ1) is 10.1. The lowest BCUT2D eigenvalue weighted by molar-refractivity contribution is 0.628. The first-order valence-corrected chi connectivity index (χ1v) is 6.49. The van der Waals surface area contributed by atoms with Gasteiger partial charge in [-0.2, -0.15) is 5.10 Å². The predicted molar refractivity (Wildman–Crippen MR) is 78.8 cm³/mol. The van der Waals surface area contributed by atoms with Gasteiger partial charge in [0, 0.05) is 5.56 Å². The summed E-state index contributed by atoms with van der Waals surface area (Å²) in [6, 6.07) is 10.3. The van der Waals surface area contributed by atoms with Gasteiger partial charge in [0.15, 0.2) is 5.82 Å². The van der Waals surface area contributed by atoms with Crippen LogP contribution in [0.1, 0.15) is 0 Å². The fourth-order valence-electron chi connectivity index (χ4n) is 2.15. The van der Waals surface area contributed by atoms with Crippen LogP contribution in [0.2, 0.25) is 5.02 Å². The number of aromatic nitrogens is 2. The Kier molecular flexibility index (Phi) is 3.35. The molecule has 0 aliphatic heterocycles. The number of aromatic amines is 1. The molecule has 0 spiro atoms. The van der Waals surface area contributed by atoms with Gasteiger partial charge in [-0.25, -0.2) is 8.78 Å². The molecule has 0 radical (unpaired) electrons. The minimum Gasteiger partial charge on any atom is -0.382 e. The maximum absolute atomic E-state index is 13.6. The Morgan fingerprint density at radius 3 is 2.57 bits per heavy atom. The number of halogens is 3. The Morgan fingerprint density at radius 2 is 1.86 bits per heavy atom. The summed E-state index contributed by atoms with van der Waals surface area (Å²) in [5, 5.41) is 6.70. The van der Waals surface area contributed by atoms with E-state index < -0.39 is 5.82 Å². The molecule has 1 aromatic heterocycles. The molecule has 0 bridgehead atoms. The Morgan fingerprint density at radius 1 is 1.05 bits per heavy atom. The second-order valence-corrected chi connectivity index (χ2v) is 4.91. The van der Waals surface area contributed by atoms with E-state index in [0.29, 0.717) is 22.4 Å². The average molecular weight is 306 g/mol. The molecular weight excluding hydrogens is 296 g/mol. The molecular formula is C15H10ClF2N3. The van der Waals surface area contributed by atoms with E-state index in [2.05, 4.69) is 10.2 Å². The summed E-state index contributed by atoms with van der Waals surface area (Å²) in [5.74, 6) is -0.722. The zero-order valence-electron chi connectivity index (χ0n) is 10.7. The lowest BCUT2D eigenvalue weighted by atomic mass is 10.0. The number of nitrogens with one attached hydrogen (secondary N) is 1. The highest BCUT2D eigenvalue weighted by Crippen LogP contribution is 2.35. The maximum Gasteiger partial charge on any atom is 0.153 e. The van der Waals surface area contributed by atoms with Crippen LogP contribution >= 0.6 is 11.6 Å². The third-order valence-electron chi connectivity index (χ3n) is 3.12. The third kappa shape index (κ3) is 2.48. The van der Waals surface area contributed by atoms with Gasteiger partial charge < -0.3 is 5.73 Å². The van der Waals surface area contributed by atoms with E-state index in [1.165, 1.54) is 24.3 Å². The van der Waals surface area contributed by atoms with Gasteiger partial charge in [0.05, 0.1) is 16.3 Å². The molecule has 6 heteroatoms. The first kappa shape index (κ1) is 13.6. The number of benzene rings is 2. The molecule has 3 N–H and O–H groups in total. The number of nitrogens with zero attached hydrogens (tertiary/aromatic N) is 1. The number of H-pyrrole nitrogens is 1. The predicted octanol–water partition coefficient (Wildman–Crippen LogP) is 4.26. The van der Waals surface area contributed by atoms with Crippen molar-refractivity contribution in [2.24, 2.45) is 0 Å². The van der Waals surface area contributed by atoms with Gasteiger partial charge in [0.2, 0.25) is 0 Å². The van der Waals surface area contributed by atoms with Crippen LogP contribution in [0.3, 0.4) is 0 Å². The van der Waals surface area contributed by atoms with E-state index in [-0.39, 0.29) is 16.7 Å². The lowest BCUT2D eigenvalue weighted by Gasteiger charge is -2.06. The van der Waals surface area contributed by atoms with Gasteiger partial charge in [-0.1, -0.05) is 29.8 Å². The molecule has 1 heterocycles. The quantitative estimate of drug-likeness (QED) is 0.743. The largest absolute Gasteiger partial charge is 0.382 e. The van der Waals surface area contributed by atoms with Crippen LogP contribution in [0.4, 0.5) is 14.6 Å². The van der Waals surface area contributed by atoms with Crippen LogP contribution < -0.4 is 5.73 Å². The summed E-state index contributed by atoms with van der Waals surface area (Å²) in [6.45, 7) is 0. The molecule has 0 unspecified atom stereocenters. The van der Waals surface area contributed by atoms with Gasteiger partial charge in [-0.15, -0.1) is 0 Å². The zero-order chi connectivity index (χ0) is 15.0. The molecule has 0 aliphatic rings. The normalized spacial score (nSPS) is 10.8. The lowest BCUT2D eigenvalue weighted by Crippen LogP contribution is -1.90. The average Bonchev–Trinajstić information content (AvgIpc) is 2.84. The molecule has 21 heavy (non-hydrogen) atoms. The van der Waals surface area contributed by atoms with Gasteiger partial charge in [-0.05, 0) is 29.8 Å². The summed E-state index contributed by atoms with van der Waals surface area (Å²) in [7, 11) is 0. The Labute approximate surface area is 124 Å². The summed E-state index contributed by atoms with van der Waals surface area (Å²) in [4.78, 5) is 0. The van der Waals surface area contributed by atoms with Crippen molar-refractivity contribution >= 4 is 17.4 Å². The SMILES string of the molecule is Nc1n[nH]c(-c2ccc(Cl)c(F)c2)c1-c1cccc(F)c1. The number of hydrogen-bond donors (Lipinski definition) is 2. The standard InChI is InChI=1S/C15H10ClF2N3/c16-11-5-4-9(7-12(11)18)14-13(15(19)21-20-14)8-2-1-3-10(17)6-8/h1-7H,(H3,19,20,21). The molecule has 0 saturated carbocycles. The molecule has 0 fully saturated rings. The fourth-order valence-corrected chi connectivity index (χ4v) is 2.27. The Hall–Kier alpha value is -2.40. The van der Waals surface area contributed by atoms with Crippen LogP contribution in [-0.4, -0.2) is 10.2 Å². The molecule has 3 rings (SSSR count). The molecule has 0 saturated heterocycles. The van der Waals surface area contributed by atoms with Gasteiger partial charge >= 0.3 is 0 Å². The Bertz CT molecular complexity index is 814. The van der Waals surface area contributed by atoms with Crippen molar-refractivity contribution in [3.8, 4) is 22.4 Å². The number of nitrogens with two attached hydrogens (primary N) is 1. The van der Waals surface area contributed by atoms with Gasteiger partial charge in [-0.3, -0.25) is 5.10 Å². The van der Waals surface area contributed by atoms with E-state index in [0.717, 1.165) is 0 Å². The minimum atomic E-state index is -0.549. The van der Waals surface area contributed by atoms with Crippen LogP contribution in [0, 0.1) is 11.6 Å². The number of anilines is 1. The highest BCUT2D eigenvalue weighted by molar-refractivity contribution is 6.30. The molecule has 2 aromatic carbocycles. The van der Waals surface area contributed by atoms with E-state index in [9.17, 15) is 8.78 Å². The van der Waals surface area contributed by atoms with Crippen LogP contribution in [0.25, 0.3) is 22.4 Å². The number of hydrogen-bond acceptors (Lipinski definition) is 2. The molecule has 0 aliphatic carbocycles. The van der Waals surface area contributed by atoms with Crippen LogP contribution in [-0.2, 0) is 0 Å². The molecule has 3 nitrogen and oxygen atoms in total. The smallest absolute Gasteiger partial charge is 0.153 e. The molecule has 0 atom stereocenters. The highest BCUT2D eigenvalue weighted by atomic mass is 35.5. The molecule has 0 amide bonds. The zero-order valence-corrected chi connectivity index (χ0v) is 11.5. The maximum atomic E-state index is 13.6. The van der Waals surface area contributed by atoms with E-state index >= 15 is 0 Å². The first-order valence-electron chi connectivity index (χ1n) is 6.11. The highest BCUT2D eigenvalue weighted by Gasteiger charge is 2.16. The summed E-state index contributed by atoms with van der Waals surface area (Å²) in [6.07, 6.45) is 0. The van der Waals surface area contributed by atoms with Crippen molar-refractivity contribution in [2.45, 2.75) is 0 Å². The Balaban J connectivity index is 2.19. The fraction of sp³-hybridized carbons (Fsp3) is 0. The number of rotatable bonds is 2. The van der Waals surface area contributed by atoms with Crippen molar-refractivity contribution in [1.29, 1.82) is 0 Å². The molecule has 106 valence electrons. The van der Waals surface area contributed by atoms with E-state index in [4.69, 9.17) is 17.3 Å². The van der Waals surface area contributed by atoms with E-state index in [1.54, 1.807) is 18.2 Å². The second kappa shape index (κ2) is 5.18. The number of nitrogen functional groups attached to an aromatic ring is 1. The monoisotopic (exact) mass is 305 g/mol. The minimum absolute atomic E-state index is 0.0264. The van der Waals surface area contributed by atoms with E-state index in [1.807, 2.05) is 0 Å². The van der Waals surface area contributed by atoms with Crippen molar-refractivity contribution in [3.05, 3.63) is 59.1 Å². The summed E-state index contributed by atoms with van der Waals surface area (Å²) in [5.41, 5.74) is 7.97. The van der Waals surface area contributed by atoms with Gasteiger partial charge in [0.25, 0.3) is 0 Å². The third-order valence-corrected chi connectivity index (χ3v) is 3.42. The summed E-state index contributed by atoms with van der Waals surface area (Å²) < 4.78 is 27.0. The second-order valence-electron chi connectivity index (χ2n) is 4.50. The summed E-state index contributed by atoms with van der Waals surface area (Å²) >= 11 is 5.68.